The number of carbonyl (C=O) groups excluding carboxylic acids is 1. The van der Waals surface area contributed by atoms with Crippen LogP contribution in [-0.2, 0) is 7.05 Å². The molecule has 0 radical (unpaired) electrons. The topological polar surface area (TPSA) is 67.3 Å². The lowest BCUT2D eigenvalue weighted by molar-refractivity contribution is 0.142. The Morgan fingerprint density at radius 2 is 2.00 bits per heavy atom. The molecule has 2 heterocycles. The van der Waals surface area contributed by atoms with Gasteiger partial charge in [0.1, 0.15) is 5.75 Å². The molecule has 0 unspecified atom stereocenters. The molecule has 0 saturated carbocycles. The van der Waals surface area contributed by atoms with Gasteiger partial charge in [0.25, 0.3) is 0 Å². The Labute approximate surface area is 115 Å². The normalized spacial score (nSPS) is 15.6. The van der Waals surface area contributed by atoms with Crippen LogP contribution < -0.4 is 10.4 Å². The molecule has 2 aromatic rings. The van der Waals surface area contributed by atoms with Crippen molar-refractivity contribution in [2.75, 3.05) is 13.1 Å². The molecule has 20 heavy (non-hydrogen) atoms. The quantitative estimate of drug-likeness (QED) is 0.863. The molecule has 0 aliphatic carbocycles. The van der Waals surface area contributed by atoms with Crippen LogP contribution >= 0.6 is 0 Å². The lowest BCUT2D eigenvalue weighted by Gasteiger charge is -2.25. The van der Waals surface area contributed by atoms with Gasteiger partial charge in [0.05, 0.1) is 11.0 Å². The van der Waals surface area contributed by atoms with E-state index in [0.717, 1.165) is 31.4 Å². The molecule has 1 aliphatic heterocycles. The second-order valence-corrected chi connectivity index (χ2v) is 5.08. The largest absolute Gasteiger partial charge is 0.415 e. The van der Waals surface area contributed by atoms with Crippen molar-refractivity contribution in [2.24, 2.45) is 7.05 Å². The highest BCUT2D eigenvalue weighted by atomic mass is 16.6. The van der Waals surface area contributed by atoms with Crippen molar-refractivity contribution < 1.29 is 9.53 Å². The first-order chi connectivity index (χ1) is 9.65. The number of ether oxygens (including phenoxy) is 1. The number of amides is 1. The molecule has 106 valence electrons. The summed E-state index contributed by atoms with van der Waals surface area (Å²) < 4.78 is 6.89. The van der Waals surface area contributed by atoms with Crippen molar-refractivity contribution >= 4 is 17.1 Å². The van der Waals surface area contributed by atoms with E-state index in [4.69, 9.17) is 4.74 Å². The second-order valence-electron chi connectivity index (χ2n) is 5.08. The molecule has 6 nitrogen and oxygen atoms in total. The summed E-state index contributed by atoms with van der Waals surface area (Å²) in [7, 11) is 1.70. The minimum atomic E-state index is -0.317. The molecule has 1 saturated heterocycles. The number of rotatable bonds is 1. The van der Waals surface area contributed by atoms with Gasteiger partial charge in [-0.1, -0.05) is 0 Å². The molecule has 3 rings (SSSR count). The van der Waals surface area contributed by atoms with Gasteiger partial charge in [-0.25, -0.2) is 9.59 Å². The maximum Gasteiger partial charge on any atom is 0.415 e. The Morgan fingerprint density at radius 1 is 1.25 bits per heavy atom. The smallest absolute Gasteiger partial charge is 0.410 e. The predicted octanol–water partition coefficient (Wildman–Crippen LogP) is 1.85. The SMILES string of the molecule is Cn1c(=O)[nH]c2cc(OC(=O)N3CCCCC3)ccc21. The van der Waals surface area contributed by atoms with Crippen molar-refractivity contribution in [2.45, 2.75) is 19.3 Å². The van der Waals surface area contributed by atoms with E-state index in [1.807, 2.05) is 0 Å². The summed E-state index contributed by atoms with van der Waals surface area (Å²) in [6.07, 6.45) is 2.91. The number of aryl methyl sites for hydroxylation is 1. The lowest BCUT2D eigenvalue weighted by atomic mass is 10.1. The van der Waals surface area contributed by atoms with Gasteiger partial charge in [-0.15, -0.1) is 0 Å². The van der Waals surface area contributed by atoms with Crippen molar-refractivity contribution in [3.63, 3.8) is 0 Å². The third kappa shape index (κ3) is 2.29. The summed E-state index contributed by atoms with van der Waals surface area (Å²) in [5, 5.41) is 0. The molecule has 1 amide bonds. The Hall–Kier alpha value is -2.24. The van der Waals surface area contributed by atoms with Crippen molar-refractivity contribution in [1.82, 2.24) is 14.5 Å². The van der Waals surface area contributed by atoms with Crippen molar-refractivity contribution in [3.8, 4) is 5.75 Å². The lowest BCUT2D eigenvalue weighted by Crippen LogP contribution is -2.37. The monoisotopic (exact) mass is 275 g/mol. The number of nitrogens with zero attached hydrogens (tertiary/aromatic N) is 2. The van der Waals surface area contributed by atoms with E-state index in [9.17, 15) is 9.59 Å². The standard InChI is InChI=1S/C14H17N3O3/c1-16-12-6-5-10(9-11(12)15-13(16)18)20-14(19)17-7-3-2-4-8-17/h5-6,9H,2-4,7-8H2,1H3,(H,15,18). The van der Waals surface area contributed by atoms with E-state index in [-0.39, 0.29) is 11.8 Å². The number of aromatic amines is 1. The van der Waals surface area contributed by atoms with Gasteiger partial charge < -0.3 is 14.6 Å². The predicted molar refractivity (Wildman–Crippen MR) is 75.0 cm³/mol. The molecule has 1 aliphatic rings. The Bertz CT molecular complexity index is 695. The number of carbonyl (C=O) groups is 1. The number of nitrogens with one attached hydrogen (secondary N) is 1. The number of imidazole rings is 1. The van der Waals surface area contributed by atoms with Gasteiger partial charge in [0, 0.05) is 26.2 Å². The van der Waals surface area contributed by atoms with Crippen LogP contribution in [0.3, 0.4) is 0 Å². The van der Waals surface area contributed by atoms with Gasteiger partial charge in [0.15, 0.2) is 0 Å². The van der Waals surface area contributed by atoms with Crippen LogP contribution in [0.1, 0.15) is 19.3 Å². The zero-order valence-electron chi connectivity index (χ0n) is 11.4. The highest BCUT2D eigenvalue weighted by molar-refractivity contribution is 5.78. The van der Waals surface area contributed by atoms with Crippen LogP contribution in [0.2, 0.25) is 0 Å². The molecule has 1 N–H and O–H groups in total. The van der Waals surface area contributed by atoms with Crippen LogP contribution in [0.5, 0.6) is 5.75 Å². The fourth-order valence-electron chi connectivity index (χ4n) is 2.52. The number of benzene rings is 1. The van der Waals surface area contributed by atoms with Crippen LogP contribution in [0.15, 0.2) is 23.0 Å². The van der Waals surface area contributed by atoms with E-state index in [1.165, 1.54) is 11.0 Å². The molecule has 1 aromatic heterocycles. The fraction of sp³-hybridized carbons (Fsp3) is 0.429. The average Bonchev–Trinajstić information content (AvgIpc) is 2.74. The van der Waals surface area contributed by atoms with Gasteiger partial charge >= 0.3 is 11.8 Å². The average molecular weight is 275 g/mol. The summed E-state index contributed by atoms with van der Waals surface area (Å²) in [5.41, 5.74) is 1.27. The number of hydrogen-bond donors (Lipinski definition) is 1. The van der Waals surface area contributed by atoms with Crippen LogP contribution in [-0.4, -0.2) is 33.6 Å². The summed E-state index contributed by atoms with van der Waals surface area (Å²) in [6, 6.07) is 5.15. The number of H-pyrrole nitrogens is 1. The van der Waals surface area contributed by atoms with Gasteiger partial charge in [-0.05, 0) is 31.4 Å². The summed E-state index contributed by atoms with van der Waals surface area (Å²) >= 11 is 0. The van der Waals surface area contributed by atoms with E-state index in [1.54, 1.807) is 30.1 Å². The Balaban J connectivity index is 1.80. The highest BCUT2D eigenvalue weighted by Gasteiger charge is 2.18. The van der Waals surface area contributed by atoms with Crippen molar-refractivity contribution in [1.29, 1.82) is 0 Å². The maximum absolute atomic E-state index is 12.0. The first-order valence-corrected chi connectivity index (χ1v) is 6.81. The first-order valence-electron chi connectivity index (χ1n) is 6.81. The third-order valence-corrected chi connectivity index (χ3v) is 3.70. The summed E-state index contributed by atoms with van der Waals surface area (Å²) in [6.45, 7) is 1.51. The zero-order chi connectivity index (χ0) is 14.1. The van der Waals surface area contributed by atoms with Crippen LogP contribution in [0, 0.1) is 0 Å². The Kier molecular flexibility index (Phi) is 3.22. The van der Waals surface area contributed by atoms with Gasteiger partial charge in [-0.3, -0.25) is 4.57 Å². The second kappa shape index (κ2) is 5.03. The van der Waals surface area contributed by atoms with Crippen molar-refractivity contribution in [3.05, 3.63) is 28.7 Å². The number of piperidine rings is 1. The number of fused-ring (bicyclic) bond motifs is 1. The van der Waals surface area contributed by atoms with E-state index in [2.05, 4.69) is 4.98 Å². The molecular weight excluding hydrogens is 258 g/mol. The van der Waals surface area contributed by atoms with Crippen LogP contribution in [0.4, 0.5) is 4.79 Å². The molecule has 1 fully saturated rings. The maximum atomic E-state index is 12.0. The minimum absolute atomic E-state index is 0.181. The highest BCUT2D eigenvalue weighted by Crippen LogP contribution is 2.19. The van der Waals surface area contributed by atoms with E-state index < -0.39 is 0 Å². The zero-order valence-corrected chi connectivity index (χ0v) is 11.4. The first kappa shape index (κ1) is 12.8. The number of hydrogen-bond acceptors (Lipinski definition) is 3. The summed E-state index contributed by atoms with van der Waals surface area (Å²) in [5.74, 6) is 0.454. The van der Waals surface area contributed by atoms with Crippen LogP contribution in [0.25, 0.3) is 11.0 Å². The third-order valence-electron chi connectivity index (χ3n) is 3.70. The number of likely N-dealkylation sites (tertiary alicyclic amines) is 1. The molecular formula is C14H17N3O3. The van der Waals surface area contributed by atoms with E-state index >= 15 is 0 Å². The minimum Gasteiger partial charge on any atom is -0.410 e. The number of aromatic nitrogens is 2. The molecule has 0 bridgehead atoms. The van der Waals surface area contributed by atoms with Gasteiger partial charge in [0.2, 0.25) is 0 Å². The van der Waals surface area contributed by atoms with E-state index in [0.29, 0.717) is 11.3 Å². The fourth-order valence-corrected chi connectivity index (χ4v) is 2.52. The molecule has 0 atom stereocenters. The Morgan fingerprint density at radius 3 is 2.75 bits per heavy atom. The summed E-state index contributed by atoms with van der Waals surface area (Å²) in [4.78, 5) is 28.0. The molecule has 0 spiro atoms. The molecule has 6 heteroatoms. The van der Waals surface area contributed by atoms with Gasteiger partial charge in [-0.2, -0.15) is 0 Å². The molecule has 1 aromatic carbocycles.